The number of carbonyl (C=O) groups excluding carboxylic acids is 1. The highest BCUT2D eigenvalue weighted by atomic mass is 79.9. The summed E-state index contributed by atoms with van der Waals surface area (Å²) in [5.74, 6) is 0.667. The maximum absolute atomic E-state index is 13.0. The Morgan fingerprint density at radius 1 is 1.27 bits per heavy atom. The van der Waals surface area contributed by atoms with Gasteiger partial charge in [0, 0.05) is 4.47 Å². The molecule has 4 nitrogen and oxygen atoms in total. The van der Waals surface area contributed by atoms with Gasteiger partial charge in [0.25, 0.3) is 5.91 Å². The van der Waals surface area contributed by atoms with Crippen molar-refractivity contribution in [3.8, 4) is 11.5 Å². The van der Waals surface area contributed by atoms with E-state index in [1.807, 2.05) is 24.3 Å². The van der Waals surface area contributed by atoms with E-state index in [4.69, 9.17) is 9.47 Å². The van der Waals surface area contributed by atoms with E-state index in [-0.39, 0.29) is 12.0 Å². The van der Waals surface area contributed by atoms with Gasteiger partial charge in [0.05, 0.1) is 12.1 Å². The van der Waals surface area contributed by atoms with Gasteiger partial charge in [-0.2, -0.15) is 0 Å². The van der Waals surface area contributed by atoms with E-state index in [1.165, 1.54) is 18.2 Å². The van der Waals surface area contributed by atoms with Crippen LogP contribution in [-0.4, -0.2) is 25.2 Å². The van der Waals surface area contributed by atoms with E-state index in [1.54, 1.807) is 0 Å². The third kappa shape index (κ3) is 3.22. The summed E-state index contributed by atoms with van der Waals surface area (Å²) in [6, 6.07) is 11.3. The van der Waals surface area contributed by atoms with Gasteiger partial charge in [-0.3, -0.25) is 4.79 Å². The normalized spacial score (nSPS) is 16.2. The highest BCUT2D eigenvalue weighted by molar-refractivity contribution is 9.10. The number of halogens is 2. The van der Waals surface area contributed by atoms with Crippen molar-refractivity contribution in [2.24, 2.45) is 0 Å². The molecule has 6 heteroatoms. The summed E-state index contributed by atoms with van der Waals surface area (Å²) in [6.07, 6.45) is -0.266. The molecule has 0 saturated heterocycles. The number of ether oxygens (including phenoxy) is 2. The fourth-order valence-corrected chi connectivity index (χ4v) is 2.67. The predicted molar refractivity (Wildman–Crippen MR) is 82.8 cm³/mol. The molecule has 2 aromatic carbocycles. The topological polar surface area (TPSA) is 47.6 Å². The fourth-order valence-electron chi connectivity index (χ4n) is 2.14. The zero-order valence-electron chi connectivity index (χ0n) is 11.5. The minimum Gasteiger partial charge on any atom is -0.486 e. The number of benzene rings is 2. The van der Waals surface area contributed by atoms with Crippen LogP contribution >= 0.6 is 15.9 Å². The summed E-state index contributed by atoms with van der Waals surface area (Å²) >= 11 is 3.18. The van der Waals surface area contributed by atoms with Gasteiger partial charge in [0.2, 0.25) is 0 Å². The van der Waals surface area contributed by atoms with Crippen molar-refractivity contribution in [2.45, 2.75) is 6.10 Å². The monoisotopic (exact) mass is 365 g/mol. The smallest absolute Gasteiger partial charge is 0.252 e. The molecule has 1 atom stereocenters. The lowest BCUT2D eigenvalue weighted by molar-refractivity contribution is 0.0789. The Kier molecular flexibility index (Phi) is 4.29. The summed E-state index contributed by atoms with van der Waals surface area (Å²) in [4.78, 5) is 12.1. The Hall–Kier alpha value is -2.08. The van der Waals surface area contributed by atoms with Gasteiger partial charge in [-0.05, 0) is 46.3 Å². The van der Waals surface area contributed by atoms with Crippen LogP contribution in [0.15, 0.2) is 46.9 Å². The third-order valence-electron chi connectivity index (χ3n) is 3.23. The van der Waals surface area contributed by atoms with Crippen molar-refractivity contribution in [3.63, 3.8) is 0 Å². The van der Waals surface area contributed by atoms with Gasteiger partial charge in [0.15, 0.2) is 11.5 Å². The molecule has 0 spiro atoms. The van der Waals surface area contributed by atoms with Crippen LogP contribution in [0.2, 0.25) is 0 Å². The lowest BCUT2D eigenvalue weighted by Crippen LogP contribution is -2.40. The quantitative estimate of drug-likeness (QED) is 0.908. The van der Waals surface area contributed by atoms with Crippen LogP contribution in [0.3, 0.4) is 0 Å². The van der Waals surface area contributed by atoms with Crippen molar-refractivity contribution in [3.05, 3.63) is 58.3 Å². The van der Waals surface area contributed by atoms with Gasteiger partial charge in [0.1, 0.15) is 18.5 Å². The molecular formula is C16H13BrFNO3. The molecule has 0 radical (unpaired) electrons. The molecule has 1 aliphatic heterocycles. The zero-order valence-corrected chi connectivity index (χ0v) is 13.1. The Morgan fingerprint density at radius 3 is 2.82 bits per heavy atom. The van der Waals surface area contributed by atoms with E-state index >= 15 is 0 Å². The predicted octanol–water partition coefficient (Wildman–Crippen LogP) is 3.16. The molecule has 1 N–H and O–H groups in total. The summed E-state index contributed by atoms with van der Waals surface area (Å²) in [5, 5.41) is 2.76. The number of fused-ring (bicyclic) bond motifs is 1. The summed E-state index contributed by atoms with van der Waals surface area (Å²) in [6.45, 7) is 0.666. The molecule has 1 amide bonds. The molecule has 0 saturated carbocycles. The minimum absolute atomic E-state index is 0.266. The van der Waals surface area contributed by atoms with Crippen molar-refractivity contribution in [2.75, 3.05) is 13.2 Å². The molecule has 1 aliphatic rings. The van der Waals surface area contributed by atoms with Gasteiger partial charge in [-0.25, -0.2) is 4.39 Å². The second kappa shape index (κ2) is 6.36. The van der Waals surface area contributed by atoms with Crippen LogP contribution < -0.4 is 14.8 Å². The van der Waals surface area contributed by atoms with E-state index in [0.717, 1.165) is 0 Å². The lowest BCUT2D eigenvalue weighted by atomic mass is 10.2. The van der Waals surface area contributed by atoms with E-state index in [0.29, 0.717) is 34.7 Å². The van der Waals surface area contributed by atoms with Crippen LogP contribution in [-0.2, 0) is 0 Å². The molecule has 0 fully saturated rings. The van der Waals surface area contributed by atoms with E-state index < -0.39 is 5.82 Å². The number of rotatable bonds is 3. The molecule has 0 aliphatic carbocycles. The first-order valence-corrected chi connectivity index (χ1v) is 7.54. The first-order valence-electron chi connectivity index (χ1n) is 6.75. The maximum atomic E-state index is 13.0. The summed E-state index contributed by atoms with van der Waals surface area (Å²) in [5.41, 5.74) is 0.374. The van der Waals surface area contributed by atoms with Crippen LogP contribution in [0.25, 0.3) is 0 Å². The molecule has 22 heavy (non-hydrogen) atoms. The number of amides is 1. The van der Waals surface area contributed by atoms with Crippen LogP contribution in [0.4, 0.5) is 4.39 Å². The molecular weight excluding hydrogens is 353 g/mol. The van der Waals surface area contributed by atoms with E-state index in [2.05, 4.69) is 21.2 Å². The second-order valence-corrected chi connectivity index (χ2v) is 5.69. The molecule has 0 unspecified atom stereocenters. The molecule has 2 aromatic rings. The highest BCUT2D eigenvalue weighted by Crippen LogP contribution is 2.30. The summed E-state index contributed by atoms with van der Waals surface area (Å²) < 4.78 is 24.8. The Balaban J connectivity index is 1.60. The number of hydrogen-bond donors (Lipinski definition) is 1. The first-order chi connectivity index (χ1) is 10.6. The van der Waals surface area contributed by atoms with Crippen molar-refractivity contribution in [1.29, 1.82) is 0 Å². The van der Waals surface area contributed by atoms with Crippen molar-refractivity contribution in [1.82, 2.24) is 5.32 Å². The Morgan fingerprint density at radius 2 is 2.05 bits per heavy atom. The number of carbonyl (C=O) groups is 1. The average molecular weight is 366 g/mol. The van der Waals surface area contributed by atoms with Gasteiger partial charge >= 0.3 is 0 Å². The van der Waals surface area contributed by atoms with Gasteiger partial charge in [-0.15, -0.1) is 0 Å². The molecule has 0 aromatic heterocycles. The number of hydrogen-bond acceptors (Lipinski definition) is 3. The third-order valence-corrected chi connectivity index (χ3v) is 3.89. The largest absolute Gasteiger partial charge is 0.486 e. The van der Waals surface area contributed by atoms with Gasteiger partial charge in [-0.1, -0.05) is 12.1 Å². The maximum Gasteiger partial charge on any atom is 0.252 e. The second-order valence-electron chi connectivity index (χ2n) is 4.83. The number of para-hydroxylation sites is 2. The van der Waals surface area contributed by atoms with Crippen LogP contribution in [0, 0.1) is 5.82 Å². The minimum atomic E-state index is -0.399. The van der Waals surface area contributed by atoms with E-state index in [9.17, 15) is 9.18 Å². The lowest BCUT2D eigenvalue weighted by Gasteiger charge is -2.26. The SMILES string of the molecule is O=C(NC[C@H]1COc2ccccc2O1)c1ccc(F)cc1Br. The molecule has 1 heterocycles. The zero-order chi connectivity index (χ0) is 15.5. The number of nitrogens with one attached hydrogen (secondary N) is 1. The van der Waals surface area contributed by atoms with Crippen LogP contribution in [0.1, 0.15) is 10.4 Å². The standard InChI is InChI=1S/C16H13BrFNO3/c17-13-7-10(18)5-6-12(13)16(20)19-8-11-9-21-14-3-1-2-4-15(14)22-11/h1-7,11H,8-9H2,(H,19,20)/t11-/m0/s1. The molecule has 3 rings (SSSR count). The molecule has 0 bridgehead atoms. The fraction of sp³-hybridized carbons (Fsp3) is 0.188. The Bertz CT molecular complexity index is 708. The first kappa shape index (κ1) is 14.8. The summed E-state index contributed by atoms with van der Waals surface area (Å²) in [7, 11) is 0. The van der Waals surface area contributed by atoms with Gasteiger partial charge < -0.3 is 14.8 Å². The average Bonchev–Trinajstić information content (AvgIpc) is 2.52. The molecule has 114 valence electrons. The Labute approximate surface area is 135 Å². The van der Waals surface area contributed by atoms with Crippen LogP contribution in [0.5, 0.6) is 11.5 Å². The van der Waals surface area contributed by atoms with Crippen molar-refractivity contribution >= 4 is 21.8 Å². The van der Waals surface area contributed by atoms with Crippen molar-refractivity contribution < 1.29 is 18.7 Å². The highest BCUT2D eigenvalue weighted by Gasteiger charge is 2.21.